The van der Waals surface area contributed by atoms with Crippen molar-refractivity contribution in [3.8, 4) is 0 Å². The van der Waals surface area contributed by atoms with Crippen LogP contribution in [0.5, 0.6) is 0 Å². The molecule has 0 saturated carbocycles. The van der Waals surface area contributed by atoms with Gasteiger partial charge in [0.2, 0.25) is 0 Å². The van der Waals surface area contributed by atoms with Gasteiger partial charge in [-0.1, -0.05) is 115 Å². The van der Waals surface area contributed by atoms with E-state index < -0.39 is 10.0 Å². The summed E-state index contributed by atoms with van der Waals surface area (Å²) in [6.45, 7) is 7.93. The molecule has 12 heteroatoms. The first-order chi connectivity index (χ1) is 28.4. The summed E-state index contributed by atoms with van der Waals surface area (Å²) in [6, 6.07) is 50.9. The first kappa shape index (κ1) is 41.2. The van der Waals surface area contributed by atoms with Crippen LogP contribution in [0.3, 0.4) is 0 Å². The summed E-state index contributed by atoms with van der Waals surface area (Å²) in [5, 5.41) is 11.0. The number of hydrogen-bond acceptors (Lipinski definition) is 9. The number of benzene rings is 7. The molecule has 0 unspecified atom stereocenters. The lowest BCUT2D eigenvalue weighted by Crippen LogP contribution is -2.20. The number of hydrogen-bond donors (Lipinski definition) is 5. The number of rotatable bonds is 6. The number of hydrazone groups is 1. The third-order valence-corrected chi connectivity index (χ3v) is 13.6. The van der Waals surface area contributed by atoms with Crippen molar-refractivity contribution in [3.63, 3.8) is 0 Å². The molecular weight excluding hydrogens is 857 g/mol. The number of aryl methyl sites for hydroxylation is 1. The van der Waals surface area contributed by atoms with Gasteiger partial charge in [-0.3, -0.25) is 0 Å². The van der Waals surface area contributed by atoms with Gasteiger partial charge in [0.25, 0.3) is 10.0 Å². The summed E-state index contributed by atoms with van der Waals surface area (Å²) >= 11 is 6.76. The molecule has 59 heavy (non-hydrogen) atoms. The van der Waals surface area contributed by atoms with Crippen molar-refractivity contribution in [3.05, 3.63) is 191 Å². The molecule has 7 N–H and O–H groups in total. The minimum absolute atomic E-state index is 0.190. The molecule has 0 fully saturated rings. The zero-order valence-electron chi connectivity index (χ0n) is 32.2. The Morgan fingerprint density at radius 3 is 1.68 bits per heavy atom. The van der Waals surface area contributed by atoms with Crippen molar-refractivity contribution in [2.45, 2.75) is 38.3 Å². The van der Waals surface area contributed by atoms with Crippen LogP contribution in [0.2, 0.25) is 0 Å². The highest BCUT2D eigenvalue weighted by Gasteiger charge is 2.18. The Morgan fingerprint density at radius 1 is 0.627 bits per heavy atom. The van der Waals surface area contributed by atoms with Crippen LogP contribution in [0.1, 0.15) is 29.2 Å². The molecule has 0 saturated heterocycles. The lowest BCUT2D eigenvalue weighted by atomic mass is 9.98. The van der Waals surface area contributed by atoms with Crippen LogP contribution >= 0.6 is 39.5 Å². The van der Waals surface area contributed by atoms with E-state index in [-0.39, 0.29) is 4.90 Å². The fourth-order valence-corrected chi connectivity index (χ4v) is 9.14. The number of nitrogens with one attached hydrogen (secondary N) is 3. The number of sulfonamides is 1. The van der Waals surface area contributed by atoms with E-state index >= 15 is 0 Å². The van der Waals surface area contributed by atoms with Crippen molar-refractivity contribution in [1.29, 1.82) is 0 Å². The number of nitrogens with zero attached hydrogens (tertiary/aromatic N) is 1. The maximum atomic E-state index is 12.4. The van der Waals surface area contributed by atoms with Crippen molar-refractivity contribution >= 4 is 94.9 Å². The SMILES string of the molecule is C/C(=N\NS(=O)(=O)c1ccc(C)cc1)c1ccc2c(c1)Nc1ccccc1S2.C=C(c1ccc2c(c1)Nc1ccccc1S2)c1ccccc1N.Nc1ccccc1Br. The zero-order valence-corrected chi connectivity index (χ0v) is 36.3. The first-order valence-corrected chi connectivity index (χ1v) is 22.4. The monoisotopic (exact) mass is 896 g/mol. The Bertz CT molecular complexity index is 2790. The summed E-state index contributed by atoms with van der Waals surface area (Å²) in [5.74, 6) is 0. The van der Waals surface area contributed by atoms with E-state index in [1.54, 1.807) is 54.7 Å². The topological polar surface area (TPSA) is 135 Å². The Labute approximate surface area is 362 Å². The van der Waals surface area contributed by atoms with Gasteiger partial charge >= 0.3 is 0 Å². The van der Waals surface area contributed by atoms with Gasteiger partial charge in [0.1, 0.15) is 0 Å². The van der Waals surface area contributed by atoms with Crippen molar-refractivity contribution < 1.29 is 8.42 Å². The smallest absolute Gasteiger partial charge is 0.276 e. The van der Waals surface area contributed by atoms with Crippen molar-refractivity contribution in [2.75, 3.05) is 22.1 Å². The summed E-state index contributed by atoms with van der Waals surface area (Å²) in [7, 11) is -3.69. The number of halogens is 1. The Balaban J connectivity index is 0.000000153. The van der Waals surface area contributed by atoms with E-state index in [1.165, 1.54) is 14.7 Å². The molecule has 9 rings (SSSR count). The van der Waals surface area contributed by atoms with E-state index in [2.05, 4.69) is 85.5 Å². The van der Waals surface area contributed by atoms with Crippen LogP contribution in [0.4, 0.5) is 34.1 Å². The molecule has 0 aromatic heterocycles. The quantitative estimate of drug-likeness (QED) is 0.0633. The van der Waals surface area contributed by atoms with Crippen LogP contribution in [-0.2, 0) is 10.0 Å². The molecule has 0 bridgehead atoms. The highest BCUT2D eigenvalue weighted by atomic mass is 79.9. The second-order valence-corrected chi connectivity index (χ2v) is 18.2. The summed E-state index contributed by atoms with van der Waals surface area (Å²) in [5.41, 5.74) is 22.8. The summed E-state index contributed by atoms with van der Waals surface area (Å²) in [4.78, 5) is 7.29. The molecule has 8 nitrogen and oxygen atoms in total. The Morgan fingerprint density at radius 2 is 1.12 bits per heavy atom. The standard InChI is InChI=1S/C21H19N3O2S2.C20H16N2S.C6H6BrN/c1-14-7-10-17(11-8-14)28(25,26)24-23-15(2)16-9-12-21-19(13-16)22-18-5-3-4-6-20(18)27-21;1-13(15-6-2-3-7-16(15)21)14-10-11-20-18(12-14)22-17-8-4-5-9-19(17)23-20;7-5-3-1-2-4-6(5)8/h3-13,22,24H,1-2H3;2-12,22H,1,21H2;1-4H,8H2/b23-15+;;. The van der Waals surface area contributed by atoms with Gasteiger partial charge in [0.15, 0.2) is 0 Å². The Kier molecular flexibility index (Phi) is 12.8. The lowest BCUT2D eigenvalue weighted by Gasteiger charge is -2.21. The van der Waals surface area contributed by atoms with Gasteiger partial charge in [-0.25, -0.2) is 0 Å². The van der Waals surface area contributed by atoms with Gasteiger partial charge in [-0.05, 0) is 125 Å². The normalized spacial score (nSPS) is 12.2. The molecular formula is C47H41BrN6O2S3. The van der Waals surface area contributed by atoms with Crippen LogP contribution in [-0.4, -0.2) is 14.1 Å². The summed E-state index contributed by atoms with van der Waals surface area (Å²) in [6.07, 6.45) is 0. The third kappa shape index (κ3) is 10.0. The molecule has 0 radical (unpaired) electrons. The van der Waals surface area contributed by atoms with E-state index in [9.17, 15) is 8.42 Å². The van der Waals surface area contributed by atoms with E-state index in [1.807, 2.05) is 97.9 Å². The van der Waals surface area contributed by atoms with Gasteiger partial charge in [0.05, 0.1) is 33.4 Å². The van der Waals surface area contributed by atoms with Crippen molar-refractivity contribution in [2.24, 2.45) is 5.10 Å². The molecule has 7 aromatic rings. The number of anilines is 6. The largest absolute Gasteiger partial charge is 0.398 e. The number of nitrogen functional groups attached to an aromatic ring is 2. The van der Waals surface area contributed by atoms with Crippen LogP contribution in [0.15, 0.2) is 198 Å². The fourth-order valence-electron chi connectivity index (χ4n) is 6.06. The van der Waals surface area contributed by atoms with Crippen LogP contribution in [0, 0.1) is 6.92 Å². The maximum Gasteiger partial charge on any atom is 0.276 e. The maximum absolute atomic E-state index is 12.4. The second kappa shape index (κ2) is 18.3. The van der Waals surface area contributed by atoms with Gasteiger partial charge in [0, 0.05) is 41.0 Å². The first-order valence-electron chi connectivity index (χ1n) is 18.5. The molecule has 2 aliphatic rings. The highest BCUT2D eigenvalue weighted by molar-refractivity contribution is 9.10. The van der Waals surface area contributed by atoms with Gasteiger partial charge in [-0.2, -0.15) is 18.4 Å². The molecule has 2 aliphatic heterocycles. The number of para-hydroxylation sites is 4. The average molecular weight is 898 g/mol. The minimum Gasteiger partial charge on any atom is -0.398 e. The molecule has 296 valence electrons. The molecule has 0 spiro atoms. The predicted octanol–water partition coefficient (Wildman–Crippen LogP) is 12.5. The predicted molar refractivity (Wildman–Crippen MR) is 252 cm³/mol. The second-order valence-electron chi connectivity index (χ2n) is 13.6. The molecule has 7 aromatic carbocycles. The van der Waals surface area contributed by atoms with E-state index in [0.29, 0.717) is 5.71 Å². The fraction of sp³-hybridized carbons (Fsp3) is 0.0426. The molecule has 0 aliphatic carbocycles. The summed E-state index contributed by atoms with van der Waals surface area (Å²) < 4.78 is 25.8. The van der Waals surface area contributed by atoms with Crippen molar-refractivity contribution in [1.82, 2.24) is 4.83 Å². The van der Waals surface area contributed by atoms with Crippen LogP contribution < -0.4 is 26.9 Å². The highest BCUT2D eigenvalue weighted by Crippen LogP contribution is 2.46. The minimum atomic E-state index is -3.69. The lowest BCUT2D eigenvalue weighted by molar-refractivity contribution is 0.584. The third-order valence-electron chi connectivity index (χ3n) is 9.33. The molecule has 2 heterocycles. The number of fused-ring (bicyclic) bond motifs is 4. The molecule has 0 amide bonds. The average Bonchev–Trinajstić information content (AvgIpc) is 3.25. The van der Waals surface area contributed by atoms with Crippen LogP contribution in [0.25, 0.3) is 5.57 Å². The number of nitrogens with two attached hydrogens (primary N) is 2. The van der Waals surface area contributed by atoms with E-state index in [0.717, 1.165) is 71.3 Å². The van der Waals surface area contributed by atoms with Gasteiger partial charge < -0.3 is 22.1 Å². The van der Waals surface area contributed by atoms with Gasteiger partial charge in [-0.15, -0.1) is 0 Å². The zero-order chi connectivity index (χ0) is 41.5. The van der Waals surface area contributed by atoms with E-state index in [4.69, 9.17) is 11.5 Å². The molecule has 0 atom stereocenters. The Hall–Kier alpha value is -5.92.